The van der Waals surface area contributed by atoms with E-state index in [2.05, 4.69) is 44.2 Å². The fourth-order valence-electron chi connectivity index (χ4n) is 0. The minimum atomic E-state index is -0.125. The Morgan fingerprint density at radius 3 is 0.560 bits per heavy atom. The van der Waals surface area contributed by atoms with Gasteiger partial charge in [0.25, 0.3) is 0 Å². The lowest BCUT2D eigenvalue weighted by atomic mass is 10.8. The summed E-state index contributed by atoms with van der Waals surface area (Å²) in [5, 5.41) is 15.2. The predicted octanol–water partition coefficient (Wildman–Crippen LogP) is 6.39. The fraction of sp³-hybridized carbons (Fsp3) is 0.455. The molecule has 0 aliphatic carbocycles. The highest BCUT2D eigenvalue weighted by atomic mass is 16.4. The second-order valence-corrected chi connectivity index (χ2v) is 3.30. The summed E-state index contributed by atoms with van der Waals surface area (Å²) in [5.74, 6) is 0. The third kappa shape index (κ3) is 19900. The van der Waals surface area contributed by atoms with E-state index in [1.807, 2.05) is 41.5 Å². The molecule has 3 nitrogen and oxygen atoms in total. The molecule has 25 heavy (non-hydrogen) atoms. The first kappa shape index (κ1) is 49.5. The molecule has 0 spiro atoms. The minimum absolute atomic E-state index is 0.125. The summed E-state index contributed by atoms with van der Waals surface area (Å²) in [6.45, 7) is 31.2. The second-order valence-electron chi connectivity index (χ2n) is 3.30. The van der Waals surface area contributed by atoms with Crippen LogP contribution in [-0.2, 0) is 4.74 Å². The molecule has 0 aromatic heterocycles. The summed E-state index contributed by atoms with van der Waals surface area (Å²) >= 11 is 0. The summed E-state index contributed by atoms with van der Waals surface area (Å²) < 4.78 is 4.25. The number of aliphatic hydroxyl groups excluding tert-OH is 2. The monoisotopic (exact) mass is 360 g/mol. The molecule has 0 radical (unpaired) electrons. The Morgan fingerprint density at radius 1 is 0.520 bits per heavy atom. The maximum atomic E-state index is 7.62. The van der Waals surface area contributed by atoms with Crippen molar-refractivity contribution in [3.63, 3.8) is 0 Å². The van der Waals surface area contributed by atoms with E-state index in [0.717, 1.165) is 0 Å². The van der Waals surface area contributed by atoms with Crippen LogP contribution in [0.25, 0.3) is 0 Å². The first-order valence-corrected chi connectivity index (χ1v) is 7.86. The highest BCUT2D eigenvalue weighted by molar-refractivity contribution is 4.53. The maximum Gasteiger partial charge on any atom is 0.0662 e. The van der Waals surface area contributed by atoms with Crippen molar-refractivity contribution in [3.05, 3.63) is 75.9 Å². The van der Waals surface area contributed by atoms with Crippen molar-refractivity contribution >= 4 is 0 Å². The lowest BCUT2D eigenvalue weighted by Crippen LogP contribution is -1.85. The molecular weight excluding hydrogens is 312 g/mol. The van der Waals surface area contributed by atoms with Gasteiger partial charge in [-0.2, -0.15) is 0 Å². The average molecular weight is 361 g/mol. The van der Waals surface area contributed by atoms with E-state index in [1.165, 1.54) is 0 Å². The van der Waals surface area contributed by atoms with Crippen molar-refractivity contribution in [1.82, 2.24) is 0 Å². The van der Waals surface area contributed by atoms with Crippen LogP contribution in [0.2, 0.25) is 0 Å². The summed E-state index contributed by atoms with van der Waals surface area (Å²) in [7, 11) is 3.25. The van der Waals surface area contributed by atoms with Crippen LogP contribution in [0.15, 0.2) is 75.9 Å². The van der Waals surface area contributed by atoms with E-state index in [0.29, 0.717) is 0 Å². The molecule has 0 aromatic carbocycles. The Labute approximate surface area is 160 Å². The molecule has 0 heterocycles. The van der Waals surface area contributed by atoms with Crippen molar-refractivity contribution in [2.75, 3.05) is 27.4 Å². The van der Waals surface area contributed by atoms with E-state index in [4.69, 9.17) is 10.2 Å². The van der Waals surface area contributed by atoms with Gasteiger partial charge < -0.3 is 14.9 Å². The summed E-state index contributed by atoms with van der Waals surface area (Å²) in [5.41, 5.74) is 0. The molecule has 3 heteroatoms. The standard InChI is InChI=1S/6C3H6.C2H6O2.C2H6O/c6*1-3-2;3-1-2-4;1-3-2/h6*3H,1H2,2H3;3-4H,1-2H2;1-2H3. The van der Waals surface area contributed by atoms with Gasteiger partial charge in [-0.25, -0.2) is 0 Å². The molecule has 0 unspecified atom stereocenters. The third-order valence-corrected chi connectivity index (χ3v) is 0.1000. The van der Waals surface area contributed by atoms with Gasteiger partial charge in [-0.05, 0) is 41.5 Å². The quantitative estimate of drug-likeness (QED) is 0.533. The van der Waals surface area contributed by atoms with Crippen LogP contribution in [-0.4, -0.2) is 37.6 Å². The number of allylic oxidation sites excluding steroid dienone is 6. The third-order valence-electron chi connectivity index (χ3n) is 0.1000. The number of hydrogen-bond donors (Lipinski definition) is 2. The average Bonchev–Trinajstić information content (AvgIpc) is 2.52. The van der Waals surface area contributed by atoms with Crippen LogP contribution in [0.3, 0.4) is 0 Å². The molecule has 0 aromatic rings. The van der Waals surface area contributed by atoms with Crippen LogP contribution in [0.4, 0.5) is 0 Å². The van der Waals surface area contributed by atoms with Crippen molar-refractivity contribution < 1.29 is 14.9 Å². The van der Waals surface area contributed by atoms with E-state index >= 15 is 0 Å². The normalized spacial score (nSPS) is 5.04. The highest BCUT2D eigenvalue weighted by Gasteiger charge is 1.58. The number of aliphatic hydroxyl groups is 2. The van der Waals surface area contributed by atoms with Gasteiger partial charge in [0.15, 0.2) is 0 Å². The Morgan fingerprint density at radius 2 is 0.560 bits per heavy atom. The maximum absolute atomic E-state index is 7.62. The molecule has 0 bridgehead atoms. The summed E-state index contributed by atoms with van der Waals surface area (Å²) in [6, 6.07) is 0. The van der Waals surface area contributed by atoms with Gasteiger partial charge in [-0.1, -0.05) is 36.5 Å². The molecule has 0 amide bonds. The molecule has 2 N–H and O–H groups in total. The Hall–Kier alpha value is -1.68. The number of rotatable bonds is 1. The zero-order chi connectivity index (χ0) is 22.4. The zero-order valence-electron chi connectivity index (χ0n) is 18.4. The van der Waals surface area contributed by atoms with Crippen molar-refractivity contribution in [2.45, 2.75) is 41.5 Å². The Kier molecular flexibility index (Phi) is 375. The number of methoxy groups -OCH3 is 1. The lowest BCUT2D eigenvalue weighted by molar-refractivity contribution is 0.186. The van der Waals surface area contributed by atoms with Crippen molar-refractivity contribution in [3.8, 4) is 0 Å². The largest absolute Gasteiger partial charge is 0.394 e. The molecule has 0 rings (SSSR count). The smallest absolute Gasteiger partial charge is 0.0662 e. The van der Waals surface area contributed by atoms with Gasteiger partial charge in [-0.15, -0.1) is 39.5 Å². The fourth-order valence-corrected chi connectivity index (χ4v) is 0. The van der Waals surface area contributed by atoms with Gasteiger partial charge in [0.2, 0.25) is 0 Å². The predicted molar refractivity (Wildman–Crippen MR) is 122 cm³/mol. The Balaban J connectivity index is -0.0000000221. The van der Waals surface area contributed by atoms with Crippen molar-refractivity contribution in [1.29, 1.82) is 0 Å². The van der Waals surface area contributed by atoms with Gasteiger partial charge >= 0.3 is 0 Å². The van der Waals surface area contributed by atoms with Gasteiger partial charge in [0.1, 0.15) is 0 Å². The molecule has 0 aliphatic heterocycles. The first-order valence-electron chi connectivity index (χ1n) is 7.86. The first-order chi connectivity index (χ1) is 11.8. The van der Waals surface area contributed by atoms with Gasteiger partial charge in [0.05, 0.1) is 13.2 Å². The molecule has 154 valence electrons. The van der Waals surface area contributed by atoms with Crippen LogP contribution >= 0.6 is 0 Å². The molecule has 0 saturated heterocycles. The topological polar surface area (TPSA) is 49.7 Å². The molecule has 0 saturated carbocycles. The molecule has 0 aliphatic rings. The van der Waals surface area contributed by atoms with E-state index in [-0.39, 0.29) is 13.2 Å². The molecular formula is C22H48O3. The van der Waals surface area contributed by atoms with Crippen LogP contribution in [0, 0.1) is 0 Å². The highest BCUT2D eigenvalue weighted by Crippen LogP contribution is 1.40. The number of ether oxygens (including phenoxy) is 1. The van der Waals surface area contributed by atoms with Crippen LogP contribution in [0.5, 0.6) is 0 Å². The second kappa shape index (κ2) is 189. The van der Waals surface area contributed by atoms with E-state index < -0.39 is 0 Å². The summed E-state index contributed by atoms with van der Waals surface area (Å²) in [4.78, 5) is 0. The minimum Gasteiger partial charge on any atom is -0.394 e. The molecule has 0 atom stereocenters. The van der Waals surface area contributed by atoms with Gasteiger partial charge in [0, 0.05) is 14.2 Å². The lowest BCUT2D eigenvalue weighted by Gasteiger charge is -1.70. The van der Waals surface area contributed by atoms with E-state index in [1.54, 1.807) is 50.7 Å². The van der Waals surface area contributed by atoms with Crippen LogP contribution in [0.1, 0.15) is 41.5 Å². The van der Waals surface area contributed by atoms with Crippen molar-refractivity contribution in [2.24, 2.45) is 0 Å². The molecule has 0 fully saturated rings. The Bertz CT molecular complexity index is 137. The van der Waals surface area contributed by atoms with E-state index in [9.17, 15) is 0 Å². The number of hydrogen-bond acceptors (Lipinski definition) is 3. The van der Waals surface area contributed by atoms with Gasteiger partial charge in [-0.3, -0.25) is 0 Å². The SMILES string of the molecule is C=CC.C=CC.C=CC.C=CC.C=CC.C=CC.COC.OCCO. The zero-order valence-corrected chi connectivity index (χ0v) is 18.4. The van der Waals surface area contributed by atoms with Crippen LogP contribution < -0.4 is 0 Å². The summed E-state index contributed by atoms with van der Waals surface area (Å²) in [6.07, 6.45) is 10.5.